The van der Waals surface area contributed by atoms with Crippen molar-refractivity contribution in [3.63, 3.8) is 0 Å². The highest BCUT2D eigenvalue weighted by Crippen LogP contribution is 2.43. The Morgan fingerprint density at radius 3 is 2.86 bits per heavy atom. The second-order valence-corrected chi connectivity index (χ2v) is 6.71. The molecule has 1 aromatic rings. The van der Waals surface area contributed by atoms with Crippen LogP contribution in [0.15, 0.2) is 22.7 Å². The van der Waals surface area contributed by atoms with Crippen molar-refractivity contribution in [2.75, 3.05) is 6.61 Å². The molecule has 2 fully saturated rings. The lowest BCUT2D eigenvalue weighted by Gasteiger charge is -2.23. The minimum absolute atomic E-state index is 0.0350. The molecule has 3 rings (SSSR count). The second kappa shape index (κ2) is 5.93. The SMILES string of the molecule is O=[N+]([O-])c1ccc(Br)c(OCC2CCC3(CCCC3)O2)c1. The van der Waals surface area contributed by atoms with Gasteiger partial charge in [-0.3, -0.25) is 10.1 Å². The van der Waals surface area contributed by atoms with Crippen LogP contribution in [-0.2, 0) is 4.74 Å². The number of non-ortho nitro benzene ring substituents is 1. The summed E-state index contributed by atoms with van der Waals surface area (Å²) in [4.78, 5) is 10.4. The smallest absolute Gasteiger partial charge is 0.273 e. The van der Waals surface area contributed by atoms with Gasteiger partial charge in [-0.15, -0.1) is 0 Å². The first kappa shape index (κ1) is 14.8. The van der Waals surface area contributed by atoms with Crippen molar-refractivity contribution in [3.05, 3.63) is 32.8 Å². The Hall–Kier alpha value is -1.14. The third-order valence-electron chi connectivity index (χ3n) is 4.40. The predicted octanol–water partition coefficient (Wildman–Crippen LogP) is 4.23. The molecule has 1 aromatic carbocycles. The van der Waals surface area contributed by atoms with Gasteiger partial charge in [0, 0.05) is 6.07 Å². The zero-order valence-corrected chi connectivity index (χ0v) is 13.3. The highest BCUT2D eigenvalue weighted by atomic mass is 79.9. The van der Waals surface area contributed by atoms with Crippen molar-refractivity contribution >= 4 is 21.6 Å². The number of nitrogens with zero attached hydrogens (tertiary/aromatic N) is 1. The molecule has 0 radical (unpaired) electrons. The molecule has 1 heterocycles. The van der Waals surface area contributed by atoms with Crippen LogP contribution in [0.5, 0.6) is 5.75 Å². The quantitative estimate of drug-likeness (QED) is 0.598. The van der Waals surface area contributed by atoms with Gasteiger partial charge in [0.2, 0.25) is 0 Å². The van der Waals surface area contributed by atoms with Gasteiger partial charge in [-0.1, -0.05) is 12.8 Å². The summed E-state index contributed by atoms with van der Waals surface area (Å²) in [6.45, 7) is 0.446. The van der Waals surface area contributed by atoms with Gasteiger partial charge in [-0.2, -0.15) is 0 Å². The average Bonchev–Trinajstić information content (AvgIpc) is 3.08. The Morgan fingerprint density at radius 1 is 1.38 bits per heavy atom. The topological polar surface area (TPSA) is 61.6 Å². The van der Waals surface area contributed by atoms with Crippen molar-refractivity contribution in [3.8, 4) is 5.75 Å². The summed E-state index contributed by atoms with van der Waals surface area (Å²) in [6.07, 6.45) is 7.03. The molecule has 6 heteroatoms. The molecule has 114 valence electrons. The van der Waals surface area contributed by atoms with Gasteiger partial charge in [0.05, 0.1) is 27.2 Å². The molecule has 0 bridgehead atoms. The third-order valence-corrected chi connectivity index (χ3v) is 5.06. The van der Waals surface area contributed by atoms with Crippen molar-refractivity contribution in [2.45, 2.75) is 50.2 Å². The molecular weight excluding hydrogens is 338 g/mol. The van der Waals surface area contributed by atoms with E-state index in [0.717, 1.165) is 30.2 Å². The Labute approximate surface area is 131 Å². The Bertz CT molecular complexity index is 542. The van der Waals surface area contributed by atoms with Crippen LogP contribution in [0.1, 0.15) is 38.5 Å². The molecule has 0 aromatic heterocycles. The first-order chi connectivity index (χ1) is 10.1. The van der Waals surface area contributed by atoms with E-state index < -0.39 is 4.92 Å². The first-order valence-corrected chi connectivity index (χ1v) is 8.12. The van der Waals surface area contributed by atoms with E-state index in [2.05, 4.69) is 15.9 Å². The van der Waals surface area contributed by atoms with Crippen LogP contribution in [0.2, 0.25) is 0 Å². The van der Waals surface area contributed by atoms with Crippen molar-refractivity contribution < 1.29 is 14.4 Å². The number of benzene rings is 1. The minimum Gasteiger partial charge on any atom is -0.489 e. The number of rotatable bonds is 4. The molecule has 1 spiro atoms. The molecule has 1 unspecified atom stereocenters. The maximum absolute atomic E-state index is 10.8. The molecule has 1 saturated heterocycles. The maximum Gasteiger partial charge on any atom is 0.273 e. The van der Waals surface area contributed by atoms with Gasteiger partial charge >= 0.3 is 0 Å². The average molecular weight is 356 g/mol. The summed E-state index contributed by atoms with van der Waals surface area (Å²) in [5.41, 5.74) is 0.126. The van der Waals surface area contributed by atoms with Gasteiger partial charge in [0.1, 0.15) is 12.4 Å². The van der Waals surface area contributed by atoms with Crippen LogP contribution in [0.3, 0.4) is 0 Å². The zero-order valence-electron chi connectivity index (χ0n) is 11.7. The number of nitro groups is 1. The Balaban J connectivity index is 1.60. The normalized spacial score (nSPS) is 23.6. The highest BCUT2D eigenvalue weighted by Gasteiger charge is 2.42. The first-order valence-electron chi connectivity index (χ1n) is 7.33. The highest BCUT2D eigenvalue weighted by molar-refractivity contribution is 9.10. The van der Waals surface area contributed by atoms with Crippen LogP contribution in [0.25, 0.3) is 0 Å². The lowest BCUT2D eigenvalue weighted by molar-refractivity contribution is -0.385. The van der Waals surface area contributed by atoms with E-state index in [1.54, 1.807) is 6.07 Å². The van der Waals surface area contributed by atoms with Crippen LogP contribution in [-0.4, -0.2) is 23.2 Å². The van der Waals surface area contributed by atoms with Crippen molar-refractivity contribution in [1.82, 2.24) is 0 Å². The number of hydrogen-bond donors (Lipinski definition) is 0. The van der Waals surface area contributed by atoms with Crippen LogP contribution in [0.4, 0.5) is 5.69 Å². The molecule has 2 aliphatic rings. The van der Waals surface area contributed by atoms with Gasteiger partial charge in [0.15, 0.2) is 0 Å². The molecule has 0 amide bonds. The fourth-order valence-corrected chi connectivity index (χ4v) is 3.66. The van der Waals surface area contributed by atoms with E-state index >= 15 is 0 Å². The molecule has 0 N–H and O–H groups in total. The lowest BCUT2D eigenvalue weighted by atomic mass is 9.98. The van der Waals surface area contributed by atoms with Gasteiger partial charge in [-0.25, -0.2) is 0 Å². The van der Waals surface area contributed by atoms with Gasteiger partial charge in [0.25, 0.3) is 5.69 Å². The fraction of sp³-hybridized carbons (Fsp3) is 0.600. The lowest BCUT2D eigenvalue weighted by Crippen LogP contribution is -2.27. The van der Waals surface area contributed by atoms with Crippen LogP contribution in [0, 0.1) is 10.1 Å². The standard InChI is InChI=1S/C15H18BrNO4/c16-13-4-3-11(17(18)19)9-14(13)20-10-12-5-8-15(21-12)6-1-2-7-15/h3-4,9,12H,1-2,5-8,10H2. The van der Waals surface area contributed by atoms with Gasteiger partial charge < -0.3 is 9.47 Å². The van der Waals surface area contributed by atoms with Crippen molar-refractivity contribution in [1.29, 1.82) is 0 Å². The summed E-state index contributed by atoms with van der Waals surface area (Å²) in [5.74, 6) is 0.500. The van der Waals surface area contributed by atoms with Crippen LogP contribution < -0.4 is 4.74 Å². The molecule has 1 saturated carbocycles. The van der Waals surface area contributed by atoms with E-state index in [-0.39, 0.29) is 17.4 Å². The summed E-state index contributed by atoms with van der Waals surface area (Å²) in [5, 5.41) is 10.8. The Kier molecular flexibility index (Phi) is 4.17. The van der Waals surface area contributed by atoms with E-state index in [4.69, 9.17) is 9.47 Å². The Morgan fingerprint density at radius 2 is 2.14 bits per heavy atom. The second-order valence-electron chi connectivity index (χ2n) is 5.85. The fourth-order valence-electron chi connectivity index (χ4n) is 3.30. The number of ether oxygens (including phenoxy) is 2. The summed E-state index contributed by atoms with van der Waals surface area (Å²) >= 11 is 3.36. The molecule has 1 atom stereocenters. The monoisotopic (exact) mass is 355 g/mol. The summed E-state index contributed by atoms with van der Waals surface area (Å²) in [6, 6.07) is 4.54. The molecule has 1 aliphatic heterocycles. The molecule has 5 nitrogen and oxygen atoms in total. The van der Waals surface area contributed by atoms with Crippen LogP contribution >= 0.6 is 15.9 Å². The van der Waals surface area contributed by atoms with E-state index in [1.807, 2.05) is 0 Å². The van der Waals surface area contributed by atoms with Crippen molar-refractivity contribution in [2.24, 2.45) is 0 Å². The predicted molar refractivity (Wildman–Crippen MR) is 81.6 cm³/mol. The summed E-state index contributed by atoms with van der Waals surface area (Å²) < 4.78 is 12.6. The number of nitro benzene ring substituents is 1. The maximum atomic E-state index is 10.8. The molecule has 21 heavy (non-hydrogen) atoms. The van der Waals surface area contributed by atoms with Gasteiger partial charge in [-0.05, 0) is 47.7 Å². The van der Waals surface area contributed by atoms with E-state index in [0.29, 0.717) is 12.4 Å². The minimum atomic E-state index is -0.418. The summed E-state index contributed by atoms with van der Waals surface area (Å²) in [7, 11) is 0. The number of hydrogen-bond acceptors (Lipinski definition) is 4. The number of halogens is 1. The van der Waals surface area contributed by atoms with E-state index in [1.165, 1.54) is 25.0 Å². The molecular formula is C15H18BrNO4. The third kappa shape index (κ3) is 3.21. The molecule has 1 aliphatic carbocycles. The zero-order chi connectivity index (χ0) is 14.9. The van der Waals surface area contributed by atoms with E-state index in [9.17, 15) is 10.1 Å². The largest absolute Gasteiger partial charge is 0.489 e.